The summed E-state index contributed by atoms with van der Waals surface area (Å²) in [7, 11) is 0. The Hall–Kier alpha value is -2.84. The fourth-order valence-electron chi connectivity index (χ4n) is 3.84. The highest BCUT2D eigenvalue weighted by atomic mass is 19.4. The number of hydrogen-bond donors (Lipinski definition) is 1. The minimum atomic E-state index is -5.80. The zero-order valence-electron chi connectivity index (χ0n) is 13.5. The van der Waals surface area contributed by atoms with Gasteiger partial charge in [0.15, 0.2) is 0 Å². The molecule has 1 N–H and O–H groups in total. The lowest BCUT2D eigenvalue weighted by molar-refractivity contribution is -0.289. The molecule has 1 aromatic heterocycles. The molecule has 1 spiro atoms. The van der Waals surface area contributed by atoms with E-state index in [1.54, 1.807) is 12.1 Å². The van der Waals surface area contributed by atoms with E-state index in [9.17, 15) is 31.5 Å². The minimum Gasteiger partial charge on any atom is -0.291 e. The van der Waals surface area contributed by atoms with Crippen molar-refractivity contribution in [2.75, 3.05) is 0 Å². The van der Waals surface area contributed by atoms with Crippen LogP contribution in [0.15, 0.2) is 36.5 Å². The predicted molar refractivity (Wildman–Crippen MR) is 82.2 cm³/mol. The van der Waals surface area contributed by atoms with Crippen LogP contribution in [0.3, 0.4) is 0 Å². The molecule has 1 aliphatic heterocycles. The van der Waals surface area contributed by atoms with Gasteiger partial charge in [0.25, 0.3) is 5.91 Å². The molecule has 0 bridgehead atoms. The standard InChI is InChI=1S/C18H11F5N2O2/c19-17(20,18(21,22)23)9-3-4-10-12(8-9)16(15(27)25-14(10)26)6-5-13-11(16)2-1-7-24-13/h1-4,7-8H,5-6H2,(H,25,26,27). The summed E-state index contributed by atoms with van der Waals surface area (Å²) in [6.07, 6.45) is -3.85. The second-order valence-corrected chi connectivity index (χ2v) is 6.52. The van der Waals surface area contributed by atoms with Gasteiger partial charge in [0.2, 0.25) is 5.91 Å². The van der Waals surface area contributed by atoms with Crippen LogP contribution in [-0.2, 0) is 22.6 Å². The first kappa shape index (κ1) is 17.6. The number of pyridine rings is 1. The molecular formula is C18H11F5N2O2. The van der Waals surface area contributed by atoms with Crippen LogP contribution in [0.25, 0.3) is 0 Å². The molecule has 0 saturated carbocycles. The van der Waals surface area contributed by atoms with E-state index in [4.69, 9.17) is 0 Å². The first-order valence-electron chi connectivity index (χ1n) is 7.99. The van der Waals surface area contributed by atoms with Gasteiger partial charge in [-0.25, -0.2) is 0 Å². The zero-order valence-corrected chi connectivity index (χ0v) is 13.5. The van der Waals surface area contributed by atoms with Gasteiger partial charge in [-0.2, -0.15) is 22.0 Å². The third-order valence-corrected chi connectivity index (χ3v) is 5.14. The van der Waals surface area contributed by atoms with Gasteiger partial charge in [-0.3, -0.25) is 19.9 Å². The molecule has 4 nitrogen and oxygen atoms in total. The van der Waals surface area contributed by atoms with Crippen LogP contribution in [0.5, 0.6) is 0 Å². The molecule has 1 atom stereocenters. The molecule has 0 fully saturated rings. The van der Waals surface area contributed by atoms with E-state index < -0.39 is 34.9 Å². The third-order valence-electron chi connectivity index (χ3n) is 5.14. The number of hydrogen-bond acceptors (Lipinski definition) is 3. The number of nitrogens with zero attached hydrogens (tertiary/aromatic N) is 1. The summed E-state index contributed by atoms with van der Waals surface area (Å²) >= 11 is 0. The number of carbonyl (C=O) groups is 2. The van der Waals surface area contributed by atoms with Crippen molar-refractivity contribution in [2.24, 2.45) is 0 Å². The van der Waals surface area contributed by atoms with Crippen LogP contribution >= 0.6 is 0 Å². The minimum absolute atomic E-state index is 0.104. The largest absolute Gasteiger partial charge is 0.458 e. The maximum atomic E-state index is 13.9. The topological polar surface area (TPSA) is 59.1 Å². The summed E-state index contributed by atoms with van der Waals surface area (Å²) in [6, 6.07) is 5.21. The molecule has 1 unspecified atom stereocenters. The van der Waals surface area contributed by atoms with Gasteiger partial charge >= 0.3 is 12.1 Å². The van der Waals surface area contributed by atoms with Crippen LogP contribution in [0, 0.1) is 0 Å². The van der Waals surface area contributed by atoms with Crippen molar-refractivity contribution in [1.82, 2.24) is 10.3 Å². The Morgan fingerprint density at radius 1 is 1.04 bits per heavy atom. The summed E-state index contributed by atoms with van der Waals surface area (Å²) in [5.41, 5.74) is -2.14. The Kier molecular flexibility index (Phi) is 3.47. The van der Waals surface area contributed by atoms with Crippen molar-refractivity contribution in [1.29, 1.82) is 0 Å². The summed E-state index contributed by atoms with van der Waals surface area (Å²) in [4.78, 5) is 29.0. The van der Waals surface area contributed by atoms with Crippen molar-refractivity contribution in [3.8, 4) is 0 Å². The van der Waals surface area contributed by atoms with E-state index in [2.05, 4.69) is 10.3 Å². The number of alkyl halides is 5. The molecule has 1 aliphatic carbocycles. The maximum absolute atomic E-state index is 13.9. The van der Waals surface area contributed by atoms with E-state index in [0.717, 1.165) is 6.07 Å². The van der Waals surface area contributed by atoms with E-state index >= 15 is 0 Å². The van der Waals surface area contributed by atoms with Crippen molar-refractivity contribution in [2.45, 2.75) is 30.4 Å². The van der Waals surface area contributed by atoms with Crippen molar-refractivity contribution < 1.29 is 31.5 Å². The van der Waals surface area contributed by atoms with Crippen LogP contribution in [-0.4, -0.2) is 23.0 Å². The summed E-state index contributed by atoms with van der Waals surface area (Å²) in [5, 5.41) is 2.18. The highest BCUT2D eigenvalue weighted by Gasteiger charge is 2.60. The molecule has 140 valence electrons. The highest BCUT2D eigenvalue weighted by Crippen LogP contribution is 2.49. The number of imide groups is 1. The van der Waals surface area contributed by atoms with E-state index in [1.807, 2.05) is 0 Å². The van der Waals surface area contributed by atoms with Crippen LogP contribution in [0.1, 0.15) is 39.2 Å². The van der Waals surface area contributed by atoms with E-state index in [1.165, 1.54) is 6.20 Å². The fraction of sp³-hybridized carbons (Fsp3) is 0.278. The van der Waals surface area contributed by atoms with Gasteiger partial charge in [0.05, 0.1) is 0 Å². The van der Waals surface area contributed by atoms with E-state index in [0.29, 0.717) is 29.8 Å². The average Bonchev–Trinajstić information content (AvgIpc) is 2.99. The molecule has 27 heavy (non-hydrogen) atoms. The number of halogens is 5. The summed E-state index contributed by atoms with van der Waals surface area (Å²) in [6.45, 7) is 0. The van der Waals surface area contributed by atoms with Gasteiger partial charge < -0.3 is 0 Å². The number of rotatable bonds is 1. The number of amides is 2. The van der Waals surface area contributed by atoms with E-state index in [-0.39, 0.29) is 17.5 Å². The lowest BCUT2D eigenvalue weighted by atomic mass is 9.70. The van der Waals surface area contributed by atoms with Crippen LogP contribution < -0.4 is 5.32 Å². The predicted octanol–water partition coefficient (Wildman–Crippen LogP) is 3.24. The number of nitrogens with one attached hydrogen (secondary N) is 1. The number of benzene rings is 1. The first-order valence-corrected chi connectivity index (χ1v) is 7.99. The Labute approximate surface area is 149 Å². The molecule has 4 rings (SSSR count). The smallest absolute Gasteiger partial charge is 0.291 e. The molecule has 0 radical (unpaired) electrons. The maximum Gasteiger partial charge on any atom is 0.458 e. The Morgan fingerprint density at radius 2 is 1.78 bits per heavy atom. The first-order chi connectivity index (χ1) is 12.6. The van der Waals surface area contributed by atoms with Gasteiger partial charge in [0.1, 0.15) is 5.41 Å². The van der Waals surface area contributed by atoms with Crippen molar-refractivity contribution >= 4 is 11.8 Å². The van der Waals surface area contributed by atoms with Crippen LogP contribution in [0.4, 0.5) is 22.0 Å². The number of aromatic nitrogens is 1. The molecule has 2 aliphatic rings. The van der Waals surface area contributed by atoms with Gasteiger partial charge in [0, 0.05) is 23.0 Å². The number of carbonyl (C=O) groups excluding carboxylic acids is 2. The number of fused-ring (bicyclic) bond motifs is 4. The molecular weight excluding hydrogens is 371 g/mol. The van der Waals surface area contributed by atoms with Crippen molar-refractivity contribution in [3.05, 3.63) is 64.5 Å². The monoisotopic (exact) mass is 382 g/mol. The SMILES string of the molecule is O=C1NC(=O)C2(CCc3ncccc32)c2cc(C(F)(F)C(F)(F)F)ccc21. The highest BCUT2D eigenvalue weighted by molar-refractivity contribution is 6.15. The normalized spacial score (nSPS) is 21.8. The van der Waals surface area contributed by atoms with Crippen molar-refractivity contribution in [3.63, 3.8) is 0 Å². The molecule has 9 heteroatoms. The fourth-order valence-corrected chi connectivity index (χ4v) is 3.84. The average molecular weight is 382 g/mol. The summed E-state index contributed by atoms with van der Waals surface area (Å²) < 4.78 is 66.2. The second-order valence-electron chi connectivity index (χ2n) is 6.52. The van der Waals surface area contributed by atoms with Gasteiger partial charge in [-0.1, -0.05) is 12.1 Å². The summed E-state index contributed by atoms with van der Waals surface area (Å²) in [5.74, 6) is -6.70. The quantitative estimate of drug-likeness (QED) is 0.609. The lowest BCUT2D eigenvalue weighted by Crippen LogP contribution is -2.52. The Morgan fingerprint density at radius 3 is 2.48 bits per heavy atom. The molecule has 2 amide bonds. The number of aryl methyl sites for hydroxylation is 1. The molecule has 2 heterocycles. The third kappa shape index (κ3) is 2.23. The Bertz CT molecular complexity index is 986. The molecule has 0 saturated heterocycles. The Balaban J connectivity index is 2.00. The second kappa shape index (κ2) is 5.34. The van der Waals surface area contributed by atoms with Crippen LogP contribution in [0.2, 0.25) is 0 Å². The zero-order chi connectivity index (χ0) is 19.6. The molecule has 2 aromatic rings. The lowest BCUT2D eigenvalue weighted by Gasteiger charge is -2.35. The molecule has 1 aromatic carbocycles. The van der Waals surface area contributed by atoms with Gasteiger partial charge in [-0.05, 0) is 42.2 Å². The van der Waals surface area contributed by atoms with Gasteiger partial charge in [-0.15, -0.1) is 0 Å².